The summed E-state index contributed by atoms with van der Waals surface area (Å²) in [6, 6.07) is 4.25. The Balaban J connectivity index is -0.0000000980. The van der Waals surface area contributed by atoms with Crippen LogP contribution in [0.3, 0.4) is 0 Å². The first-order valence-corrected chi connectivity index (χ1v) is 6.28. The van der Waals surface area contributed by atoms with Crippen molar-refractivity contribution in [2.75, 3.05) is 0 Å². The fraction of sp³-hybridized carbons (Fsp3) is 0.857. The SMILES string of the molecule is CC(C)CCCC#N.CC(C)CCCC#N.F.F. The minimum Gasteiger partial charge on any atom is -0.269 e. The summed E-state index contributed by atoms with van der Waals surface area (Å²) < 4.78 is 0. The molecule has 0 fully saturated rings. The van der Waals surface area contributed by atoms with Gasteiger partial charge in [-0.15, -0.1) is 0 Å². The molecule has 108 valence electrons. The van der Waals surface area contributed by atoms with E-state index < -0.39 is 0 Å². The van der Waals surface area contributed by atoms with Gasteiger partial charge in [0.2, 0.25) is 0 Å². The average molecular weight is 262 g/mol. The Morgan fingerprint density at radius 3 is 1.17 bits per heavy atom. The maximum atomic E-state index is 8.13. The lowest BCUT2D eigenvalue weighted by Gasteiger charge is -1.98. The predicted octanol–water partition coefficient (Wildman–Crippen LogP) is 4.98. The number of halogens is 2. The molecule has 0 bridgehead atoms. The van der Waals surface area contributed by atoms with E-state index in [-0.39, 0.29) is 9.41 Å². The highest BCUT2D eigenvalue weighted by molar-refractivity contribution is 4.68. The van der Waals surface area contributed by atoms with Crippen LogP contribution in [0.15, 0.2) is 0 Å². The van der Waals surface area contributed by atoms with Crippen molar-refractivity contribution in [1.29, 1.82) is 10.5 Å². The zero-order valence-electron chi connectivity index (χ0n) is 12.1. The van der Waals surface area contributed by atoms with Crippen molar-refractivity contribution in [3.63, 3.8) is 0 Å². The Kier molecular flexibility index (Phi) is 30.1. The van der Waals surface area contributed by atoms with E-state index in [2.05, 4.69) is 39.8 Å². The number of rotatable bonds is 6. The standard InChI is InChI=1S/2C7H13N.2FH/c2*1-7(2)5-3-4-6-8;;/h2*7H,3-5H2,1-2H3;2*1H. The molecule has 0 atom stereocenters. The van der Waals surface area contributed by atoms with E-state index in [4.69, 9.17) is 10.5 Å². The van der Waals surface area contributed by atoms with Gasteiger partial charge in [-0.05, 0) is 37.5 Å². The van der Waals surface area contributed by atoms with E-state index in [1.165, 1.54) is 12.8 Å². The molecule has 0 saturated heterocycles. The third-order valence-electron chi connectivity index (χ3n) is 2.14. The number of nitrogens with zero attached hydrogens (tertiary/aromatic N) is 2. The summed E-state index contributed by atoms with van der Waals surface area (Å²) in [7, 11) is 0. The van der Waals surface area contributed by atoms with Gasteiger partial charge in [0.15, 0.2) is 0 Å². The van der Waals surface area contributed by atoms with Gasteiger partial charge in [-0.25, -0.2) is 0 Å². The van der Waals surface area contributed by atoms with Crippen LogP contribution < -0.4 is 0 Å². The second-order valence-electron chi connectivity index (χ2n) is 4.89. The highest BCUT2D eigenvalue weighted by Crippen LogP contribution is 2.04. The predicted molar refractivity (Wildman–Crippen MR) is 73.6 cm³/mol. The summed E-state index contributed by atoms with van der Waals surface area (Å²) in [5.41, 5.74) is 0. The van der Waals surface area contributed by atoms with Gasteiger partial charge in [0.05, 0.1) is 12.1 Å². The van der Waals surface area contributed by atoms with Gasteiger partial charge in [0, 0.05) is 12.8 Å². The molecule has 0 aliphatic carbocycles. The first-order valence-electron chi connectivity index (χ1n) is 6.28. The fourth-order valence-electron chi connectivity index (χ4n) is 1.18. The van der Waals surface area contributed by atoms with Gasteiger partial charge in [0.25, 0.3) is 0 Å². The van der Waals surface area contributed by atoms with Crippen molar-refractivity contribution in [1.82, 2.24) is 0 Å². The molecule has 0 saturated carbocycles. The first kappa shape index (κ1) is 25.6. The molecule has 0 aliphatic heterocycles. The minimum absolute atomic E-state index is 0. The summed E-state index contributed by atoms with van der Waals surface area (Å²) >= 11 is 0. The molecule has 0 N–H and O–H groups in total. The lowest BCUT2D eigenvalue weighted by atomic mass is 10.1. The Morgan fingerprint density at radius 2 is 1.00 bits per heavy atom. The molecule has 0 unspecified atom stereocenters. The maximum Gasteiger partial charge on any atom is 0.0621 e. The van der Waals surface area contributed by atoms with E-state index >= 15 is 0 Å². The maximum absolute atomic E-state index is 8.13. The lowest BCUT2D eigenvalue weighted by Crippen LogP contribution is -1.84. The smallest absolute Gasteiger partial charge is 0.0621 e. The summed E-state index contributed by atoms with van der Waals surface area (Å²) in [4.78, 5) is 0. The van der Waals surface area contributed by atoms with Crippen molar-refractivity contribution < 1.29 is 9.41 Å². The molecule has 0 spiro atoms. The highest BCUT2D eigenvalue weighted by Gasteiger charge is 1.91. The van der Waals surface area contributed by atoms with Crippen LogP contribution in [-0.4, -0.2) is 0 Å². The number of hydrogen-bond donors (Lipinski definition) is 0. The first-order chi connectivity index (χ1) is 7.54. The van der Waals surface area contributed by atoms with Crippen LogP contribution in [0.2, 0.25) is 0 Å². The number of hydrogen-bond acceptors (Lipinski definition) is 2. The molecule has 0 heterocycles. The third-order valence-corrected chi connectivity index (χ3v) is 2.14. The van der Waals surface area contributed by atoms with Gasteiger partial charge >= 0.3 is 0 Å². The van der Waals surface area contributed by atoms with Gasteiger partial charge in [-0.2, -0.15) is 10.5 Å². The Morgan fingerprint density at radius 1 is 0.722 bits per heavy atom. The Labute approximate surface area is 111 Å². The van der Waals surface area contributed by atoms with Crippen LogP contribution in [-0.2, 0) is 0 Å². The second kappa shape index (κ2) is 21.2. The molecule has 18 heavy (non-hydrogen) atoms. The summed E-state index contributed by atoms with van der Waals surface area (Å²) in [5, 5.41) is 16.3. The van der Waals surface area contributed by atoms with Gasteiger partial charge in [0.1, 0.15) is 0 Å². The van der Waals surface area contributed by atoms with Crippen molar-refractivity contribution in [2.24, 2.45) is 11.8 Å². The van der Waals surface area contributed by atoms with Crippen LogP contribution in [0.4, 0.5) is 9.41 Å². The van der Waals surface area contributed by atoms with E-state index in [1.807, 2.05) is 0 Å². The summed E-state index contributed by atoms with van der Waals surface area (Å²) in [5.74, 6) is 1.51. The zero-order valence-corrected chi connectivity index (χ0v) is 12.1. The Hall–Kier alpha value is -1.16. The quantitative estimate of drug-likeness (QED) is 0.634. The van der Waals surface area contributed by atoms with Crippen molar-refractivity contribution in [3.05, 3.63) is 0 Å². The molecular formula is C14H28F2N2. The van der Waals surface area contributed by atoms with Crippen LogP contribution in [0.1, 0.15) is 66.2 Å². The normalized spacial score (nSPS) is 8.22. The van der Waals surface area contributed by atoms with Gasteiger partial charge < -0.3 is 0 Å². The zero-order chi connectivity index (χ0) is 12.8. The lowest BCUT2D eigenvalue weighted by molar-refractivity contribution is 0.561. The molecule has 0 aliphatic rings. The van der Waals surface area contributed by atoms with Gasteiger partial charge in [-0.3, -0.25) is 9.41 Å². The molecule has 0 radical (unpaired) electrons. The third kappa shape index (κ3) is 36.4. The van der Waals surface area contributed by atoms with Crippen molar-refractivity contribution in [3.8, 4) is 12.1 Å². The summed E-state index contributed by atoms with van der Waals surface area (Å²) in [6.45, 7) is 8.71. The molecule has 2 nitrogen and oxygen atoms in total. The highest BCUT2D eigenvalue weighted by atomic mass is 19.0. The van der Waals surface area contributed by atoms with Crippen LogP contribution in [0.5, 0.6) is 0 Å². The van der Waals surface area contributed by atoms with Gasteiger partial charge in [-0.1, -0.05) is 27.7 Å². The second-order valence-corrected chi connectivity index (χ2v) is 4.89. The average Bonchev–Trinajstić information content (AvgIpc) is 2.18. The fourth-order valence-corrected chi connectivity index (χ4v) is 1.18. The molecule has 0 amide bonds. The van der Waals surface area contributed by atoms with E-state index in [0.717, 1.165) is 37.5 Å². The number of nitriles is 2. The minimum atomic E-state index is 0. The van der Waals surface area contributed by atoms with E-state index in [1.54, 1.807) is 0 Å². The molecule has 0 aromatic heterocycles. The molecule has 4 heteroatoms. The van der Waals surface area contributed by atoms with Crippen LogP contribution in [0.25, 0.3) is 0 Å². The van der Waals surface area contributed by atoms with Crippen LogP contribution >= 0.6 is 0 Å². The number of unbranched alkanes of at least 4 members (excludes halogenated alkanes) is 2. The Bertz CT molecular complexity index is 191. The molecule has 0 aromatic carbocycles. The van der Waals surface area contributed by atoms with Crippen LogP contribution in [0, 0.1) is 34.5 Å². The van der Waals surface area contributed by atoms with E-state index in [9.17, 15) is 0 Å². The van der Waals surface area contributed by atoms with E-state index in [0.29, 0.717) is 0 Å². The molecular weight excluding hydrogens is 234 g/mol. The largest absolute Gasteiger partial charge is 0.269 e. The topological polar surface area (TPSA) is 47.6 Å². The van der Waals surface area contributed by atoms with Crippen molar-refractivity contribution >= 4 is 0 Å². The molecule has 0 aromatic rings. The molecule has 0 rings (SSSR count). The van der Waals surface area contributed by atoms with Crippen molar-refractivity contribution in [2.45, 2.75) is 66.2 Å². The summed E-state index contributed by atoms with van der Waals surface area (Å²) in [6.07, 6.45) is 5.94. The monoisotopic (exact) mass is 262 g/mol.